The molecule has 0 radical (unpaired) electrons. The molecule has 0 saturated carbocycles. The highest BCUT2D eigenvalue weighted by Crippen LogP contribution is 2.57. The highest BCUT2D eigenvalue weighted by atomic mass is 16.3. The molecule has 0 bridgehead atoms. The van der Waals surface area contributed by atoms with Gasteiger partial charge in [0.05, 0.1) is 5.52 Å². The number of hydrogen-bond donors (Lipinski definition) is 0. The summed E-state index contributed by atoms with van der Waals surface area (Å²) in [5.74, 6) is 0.747. The van der Waals surface area contributed by atoms with Crippen LogP contribution in [0.3, 0.4) is 0 Å². The second kappa shape index (κ2) is 8.11. The lowest BCUT2D eigenvalue weighted by atomic mass is 9.72. The lowest BCUT2D eigenvalue weighted by molar-refractivity contribution is 0.386. The van der Waals surface area contributed by atoms with Gasteiger partial charge in [-0.3, -0.25) is 0 Å². The molecule has 196 valence electrons. The van der Waals surface area contributed by atoms with Crippen LogP contribution in [-0.2, 0) is 5.41 Å². The molecule has 2 aromatic heterocycles. The van der Waals surface area contributed by atoms with E-state index in [2.05, 4.69) is 134 Å². The smallest absolute Gasteiger partial charge is 0.135 e. The number of nitrogens with zero attached hydrogens (tertiary/aromatic N) is 1. The minimum atomic E-state index is 0.0799. The molecule has 2 heterocycles. The van der Waals surface area contributed by atoms with Crippen molar-refractivity contribution in [1.82, 2.24) is 4.57 Å². The number of hydrogen-bond acceptors (Lipinski definition) is 1. The third kappa shape index (κ3) is 3.08. The third-order valence-electron chi connectivity index (χ3n) is 9.73. The second-order valence-corrected chi connectivity index (χ2v) is 12.2. The Morgan fingerprint density at radius 2 is 1.37 bits per heavy atom. The Morgan fingerprint density at radius 3 is 2.24 bits per heavy atom. The Kier molecular flexibility index (Phi) is 4.54. The molecule has 0 aliphatic heterocycles. The normalized spacial score (nSPS) is 18.6. The van der Waals surface area contributed by atoms with E-state index >= 15 is 0 Å². The number of fused-ring (bicyclic) bond motifs is 10. The van der Waals surface area contributed by atoms with Gasteiger partial charge in [0, 0.05) is 39.0 Å². The number of para-hydroxylation sites is 2. The molecular formula is C39H29NO. The predicted octanol–water partition coefficient (Wildman–Crippen LogP) is 10.3. The highest BCUT2D eigenvalue weighted by Gasteiger charge is 2.48. The molecule has 2 heteroatoms. The standard InChI is InChI=1S/C39H29NO/c1-39(2)32-12-6-3-11-30(32)37-33(39)21-20-29-27-9-4-7-13-34(27)40(38(29)37)26-18-15-24(16-19-26)25-17-22-36-31(23-25)28-10-5-8-14-35(28)41-36/h3-23,33,37H,1-2H3. The molecule has 2 aliphatic rings. The zero-order valence-corrected chi connectivity index (χ0v) is 23.1. The van der Waals surface area contributed by atoms with Crippen LogP contribution in [0.25, 0.3) is 55.7 Å². The Hall–Kier alpha value is -4.82. The van der Waals surface area contributed by atoms with Crippen molar-refractivity contribution in [3.05, 3.63) is 144 Å². The van der Waals surface area contributed by atoms with Gasteiger partial charge in [-0.2, -0.15) is 0 Å². The molecule has 2 nitrogen and oxygen atoms in total. The minimum Gasteiger partial charge on any atom is -0.456 e. The Labute approximate surface area is 239 Å². The molecule has 7 aromatic rings. The van der Waals surface area contributed by atoms with E-state index in [4.69, 9.17) is 4.42 Å². The molecule has 0 amide bonds. The van der Waals surface area contributed by atoms with Gasteiger partial charge in [0.2, 0.25) is 0 Å². The van der Waals surface area contributed by atoms with Crippen molar-refractivity contribution in [3.63, 3.8) is 0 Å². The van der Waals surface area contributed by atoms with E-state index in [1.807, 2.05) is 12.1 Å². The van der Waals surface area contributed by atoms with Gasteiger partial charge in [0.25, 0.3) is 0 Å². The van der Waals surface area contributed by atoms with E-state index in [0.29, 0.717) is 11.8 Å². The largest absolute Gasteiger partial charge is 0.456 e. The van der Waals surface area contributed by atoms with E-state index in [-0.39, 0.29) is 5.41 Å². The minimum absolute atomic E-state index is 0.0799. The first-order valence-corrected chi connectivity index (χ1v) is 14.5. The van der Waals surface area contributed by atoms with Crippen LogP contribution in [0.2, 0.25) is 0 Å². The van der Waals surface area contributed by atoms with Gasteiger partial charge in [-0.05, 0) is 70.0 Å². The van der Waals surface area contributed by atoms with E-state index in [9.17, 15) is 0 Å². The van der Waals surface area contributed by atoms with Crippen molar-refractivity contribution >= 4 is 38.9 Å². The summed E-state index contributed by atoms with van der Waals surface area (Å²) < 4.78 is 8.60. The quantitative estimate of drug-likeness (QED) is 0.219. The molecule has 41 heavy (non-hydrogen) atoms. The van der Waals surface area contributed by atoms with Crippen LogP contribution in [0.1, 0.15) is 42.1 Å². The Morgan fingerprint density at radius 1 is 0.659 bits per heavy atom. The monoisotopic (exact) mass is 527 g/mol. The van der Waals surface area contributed by atoms with Crippen LogP contribution >= 0.6 is 0 Å². The summed E-state index contributed by atoms with van der Waals surface area (Å²) in [5, 5.41) is 3.64. The van der Waals surface area contributed by atoms with Crippen LogP contribution in [0.5, 0.6) is 0 Å². The molecule has 0 saturated heterocycles. The third-order valence-corrected chi connectivity index (χ3v) is 9.73. The molecule has 0 fully saturated rings. The van der Waals surface area contributed by atoms with Crippen LogP contribution in [0.4, 0.5) is 0 Å². The fourth-order valence-electron chi connectivity index (χ4n) is 7.77. The van der Waals surface area contributed by atoms with Crippen molar-refractivity contribution in [2.24, 2.45) is 5.92 Å². The van der Waals surface area contributed by atoms with Crippen LogP contribution in [-0.4, -0.2) is 4.57 Å². The van der Waals surface area contributed by atoms with E-state index in [1.54, 1.807) is 0 Å². The maximum atomic E-state index is 6.07. The Bertz CT molecular complexity index is 2190. The summed E-state index contributed by atoms with van der Waals surface area (Å²) in [6.45, 7) is 4.82. The molecule has 2 atom stereocenters. The number of aromatic nitrogens is 1. The van der Waals surface area contributed by atoms with Gasteiger partial charge in [-0.25, -0.2) is 0 Å². The maximum Gasteiger partial charge on any atom is 0.135 e. The molecule has 2 unspecified atom stereocenters. The van der Waals surface area contributed by atoms with Gasteiger partial charge >= 0.3 is 0 Å². The maximum absolute atomic E-state index is 6.07. The number of allylic oxidation sites excluding steroid dienone is 1. The summed E-state index contributed by atoms with van der Waals surface area (Å²) >= 11 is 0. The summed E-state index contributed by atoms with van der Waals surface area (Å²) in [7, 11) is 0. The topological polar surface area (TPSA) is 18.1 Å². The number of rotatable bonds is 2. The summed E-state index contributed by atoms with van der Waals surface area (Å²) in [4.78, 5) is 0. The molecule has 0 N–H and O–H groups in total. The number of furan rings is 1. The van der Waals surface area contributed by atoms with Crippen molar-refractivity contribution in [3.8, 4) is 16.8 Å². The summed E-state index contributed by atoms with van der Waals surface area (Å²) in [6, 6.07) is 41.9. The molecule has 9 rings (SSSR count). The zero-order chi connectivity index (χ0) is 27.3. The van der Waals surface area contributed by atoms with Gasteiger partial charge in [0.1, 0.15) is 11.2 Å². The molecular weight excluding hydrogens is 498 g/mol. The lowest BCUT2D eigenvalue weighted by Gasteiger charge is -2.32. The fraction of sp³-hybridized carbons (Fsp3) is 0.128. The highest BCUT2D eigenvalue weighted by molar-refractivity contribution is 6.06. The van der Waals surface area contributed by atoms with Crippen LogP contribution < -0.4 is 0 Å². The zero-order valence-electron chi connectivity index (χ0n) is 23.1. The predicted molar refractivity (Wildman–Crippen MR) is 170 cm³/mol. The first-order chi connectivity index (χ1) is 20.1. The van der Waals surface area contributed by atoms with Gasteiger partial charge in [0.15, 0.2) is 0 Å². The van der Waals surface area contributed by atoms with Crippen molar-refractivity contribution in [2.45, 2.75) is 25.2 Å². The molecule has 0 spiro atoms. The van der Waals surface area contributed by atoms with Crippen molar-refractivity contribution < 1.29 is 4.42 Å². The van der Waals surface area contributed by atoms with E-state index in [1.165, 1.54) is 50.1 Å². The lowest BCUT2D eigenvalue weighted by Crippen LogP contribution is -2.27. The number of benzene rings is 5. The van der Waals surface area contributed by atoms with Crippen molar-refractivity contribution in [1.29, 1.82) is 0 Å². The SMILES string of the molecule is CC1(C)c2ccccc2C2c3c(c4ccccc4n3-c3ccc(-c4ccc5oc6ccccc6c5c4)cc3)C=CC21. The van der Waals surface area contributed by atoms with Crippen molar-refractivity contribution in [2.75, 3.05) is 0 Å². The fourth-order valence-corrected chi connectivity index (χ4v) is 7.77. The van der Waals surface area contributed by atoms with Gasteiger partial charge in [-0.1, -0.05) is 105 Å². The molecule has 2 aliphatic carbocycles. The van der Waals surface area contributed by atoms with Crippen LogP contribution in [0, 0.1) is 5.92 Å². The Balaban J connectivity index is 1.22. The van der Waals surface area contributed by atoms with E-state index < -0.39 is 0 Å². The average Bonchev–Trinajstić information content (AvgIpc) is 3.63. The average molecular weight is 528 g/mol. The van der Waals surface area contributed by atoms with Gasteiger partial charge in [-0.15, -0.1) is 0 Å². The summed E-state index contributed by atoms with van der Waals surface area (Å²) in [5.41, 5.74) is 12.5. The first-order valence-electron chi connectivity index (χ1n) is 14.5. The molecule has 5 aromatic carbocycles. The summed E-state index contributed by atoms with van der Waals surface area (Å²) in [6.07, 6.45) is 4.87. The first kappa shape index (κ1) is 22.9. The van der Waals surface area contributed by atoms with E-state index in [0.717, 1.165) is 21.9 Å². The second-order valence-electron chi connectivity index (χ2n) is 12.2. The van der Waals surface area contributed by atoms with Crippen LogP contribution in [0.15, 0.2) is 126 Å². The van der Waals surface area contributed by atoms with Gasteiger partial charge < -0.3 is 8.98 Å².